The van der Waals surface area contributed by atoms with Gasteiger partial charge in [-0.2, -0.15) is 0 Å². The summed E-state index contributed by atoms with van der Waals surface area (Å²) in [6.07, 6.45) is 5.37. The summed E-state index contributed by atoms with van der Waals surface area (Å²) in [7, 11) is 3.24. The number of benzene rings is 1. The Morgan fingerprint density at radius 3 is 2.53 bits per heavy atom. The monoisotopic (exact) mass is 261 g/mol. The van der Waals surface area contributed by atoms with Crippen LogP contribution in [0.5, 0.6) is 11.5 Å². The van der Waals surface area contributed by atoms with Gasteiger partial charge in [0.2, 0.25) is 0 Å². The Morgan fingerprint density at radius 2 is 1.89 bits per heavy atom. The van der Waals surface area contributed by atoms with Crippen LogP contribution in [0.3, 0.4) is 0 Å². The summed E-state index contributed by atoms with van der Waals surface area (Å²) >= 11 is 0. The third-order valence-electron chi connectivity index (χ3n) is 4.34. The Hall–Kier alpha value is -1.71. The first-order valence-electron chi connectivity index (χ1n) is 6.75. The Labute approximate surface area is 113 Å². The largest absolute Gasteiger partial charge is 0.497 e. The molecule has 4 heteroatoms. The molecule has 0 unspecified atom stereocenters. The molecule has 1 amide bonds. The number of nitrogens with one attached hydrogen (secondary N) is 1. The first kappa shape index (κ1) is 12.3. The topological polar surface area (TPSA) is 47.6 Å². The van der Waals surface area contributed by atoms with E-state index < -0.39 is 0 Å². The number of carbonyl (C=O) groups is 1. The highest BCUT2D eigenvalue weighted by Crippen LogP contribution is 2.41. The van der Waals surface area contributed by atoms with Gasteiger partial charge in [-0.15, -0.1) is 0 Å². The number of hydrogen-bond acceptors (Lipinski definition) is 3. The molecule has 4 nitrogen and oxygen atoms in total. The van der Waals surface area contributed by atoms with Gasteiger partial charge in [0, 0.05) is 22.7 Å². The molecule has 102 valence electrons. The van der Waals surface area contributed by atoms with E-state index in [9.17, 15) is 4.79 Å². The lowest BCUT2D eigenvalue weighted by molar-refractivity contribution is 0.0878. The second-order valence-electron chi connectivity index (χ2n) is 5.47. The van der Waals surface area contributed by atoms with Crippen molar-refractivity contribution in [3.63, 3.8) is 0 Å². The molecule has 1 heterocycles. The van der Waals surface area contributed by atoms with Crippen molar-refractivity contribution >= 4 is 5.91 Å². The van der Waals surface area contributed by atoms with Crippen molar-refractivity contribution in [2.75, 3.05) is 14.2 Å². The summed E-state index contributed by atoms with van der Waals surface area (Å²) in [6, 6.07) is 3.66. The van der Waals surface area contributed by atoms with Gasteiger partial charge in [0.15, 0.2) is 0 Å². The third-order valence-corrected chi connectivity index (χ3v) is 4.34. The maximum absolute atomic E-state index is 12.4. The van der Waals surface area contributed by atoms with E-state index in [1.807, 2.05) is 6.07 Å². The summed E-state index contributed by atoms with van der Waals surface area (Å²) < 4.78 is 10.7. The fourth-order valence-corrected chi connectivity index (χ4v) is 3.35. The van der Waals surface area contributed by atoms with Gasteiger partial charge < -0.3 is 14.8 Å². The number of carbonyl (C=O) groups excluding carboxylic acids is 1. The maximum Gasteiger partial charge on any atom is 0.252 e. The van der Waals surface area contributed by atoms with Gasteiger partial charge in [-0.05, 0) is 25.3 Å². The van der Waals surface area contributed by atoms with Crippen LogP contribution in [-0.4, -0.2) is 25.7 Å². The average molecular weight is 261 g/mol. The highest BCUT2D eigenvalue weighted by molar-refractivity contribution is 5.98. The van der Waals surface area contributed by atoms with Crippen molar-refractivity contribution in [2.24, 2.45) is 0 Å². The number of amides is 1. The zero-order valence-corrected chi connectivity index (χ0v) is 11.4. The van der Waals surface area contributed by atoms with Crippen molar-refractivity contribution < 1.29 is 14.3 Å². The number of fused-ring (bicyclic) bond motifs is 1. The maximum atomic E-state index is 12.4. The van der Waals surface area contributed by atoms with Gasteiger partial charge in [0.05, 0.1) is 14.2 Å². The van der Waals surface area contributed by atoms with Crippen LogP contribution in [0, 0.1) is 0 Å². The number of rotatable bonds is 2. The van der Waals surface area contributed by atoms with E-state index >= 15 is 0 Å². The van der Waals surface area contributed by atoms with Crippen LogP contribution in [0.15, 0.2) is 12.1 Å². The predicted octanol–water partition coefficient (Wildman–Crippen LogP) is 2.30. The molecular weight excluding hydrogens is 242 g/mol. The summed E-state index contributed by atoms with van der Waals surface area (Å²) in [5.41, 5.74) is 1.66. The molecule has 1 aromatic carbocycles. The molecule has 1 fully saturated rings. The van der Waals surface area contributed by atoms with E-state index in [1.165, 1.54) is 12.8 Å². The Bertz CT molecular complexity index is 518. The van der Waals surface area contributed by atoms with Crippen molar-refractivity contribution in [1.29, 1.82) is 0 Å². The van der Waals surface area contributed by atoms with Crippen LogP contribution in [0.1, 0.15) is 41.6 Å². The van der Waals surface area contributed by atoms with E-state index in [1.54, 1.807) is 20.3 Å². The summed E-state index contributed by atoms with van der Waals surface area (Å²) in [6.45, 7) is 0. The smallest absolute Gasteiger partial charge is 0.252 e. The molecular formula is C15H19NO3. The molecule has 0 atom stereocenters. The zero-order valence-electron chi connectivity index (χ0n) is 11.4. The molecule has 1 aliphatic heterocycles. The van der Waals surface area contributed by atoms with Gasteiger partial charge in [-0.25, -0.2) is 0 Å². The molecule has 3 rings (SSSR count). The molecule has 0 bridgehead atoms. The Kier molecular flexibility index (Phi) is 2.88. The molecule has 0 radical (unpaired) electrons. The van der Waals surface area contributed by atoms with E-state index in [0.717, 1.165) is 30.6 Å². The van der Waals surface area contributed by atoms with Crippen molar-refractivity contribution in [1.82, 2.24) is 5.32 Å². The van der Waals surface area contributed by atoms with Crippen molar-refractivity contribution in [2.45, 2.75) is 37.6 Å². The molecule has 1 saturated carbocycles. The van der Waals surface area contributed by atoms with Crippen LogP contribution in [0.4, 0.5) is 0 Å². The molecule has 1 N–H and O–H groups in total. The van der Waals surface area contributed by atoms with E-state index in [0.29, 0.717) is 11.3 Å². The minimum atomic E-state index is -0.0497. The second-order valence-corrected chi connectivity index (χ2v) is 5.47. The fourth-order valence-electron chi connectivity index (χ4n) is 3.35. The number of ether oxygens (including phenoxy) is 2. The van der Waals surface area contributed by atoms with Gasteiger partial charge in [0.25, 0.3) is 5.91 Å². The fraction of sp³-hybridized carbons (Fsp3) is 0.533. The Morgan fingerprint density at radius 1 is 1.16 bits per heavy atom. The summed E-state index contributed by atoms with van der Waals surface area (Å²) in [5.74, 6) is 1.42. The lowest BCUT2D eigenvalue weighted by Crippen LogP contribution is -2.51. The van der Waals surface area contributed by atoms with Crippen molar-refractivity contribution in [3.05, 3.63) is 23.3 Å². The lowest BCUT2D eigenvalue weighted by Gasteiger charge is -2.36. The number of hydrogen-bond donors (Lipinski definition) is 1. The first-order valence-corrected chi connectivity index (χ1v) is 6.75. The minimum absolute atomic E-state index is 0.000324. The standard InChI is InChI=1S/C15H19NO3/c1-18-10-7-11-12(13(8-10)19-2)9-15(16-14(11)17)5-3-4-6-15/h7-8H,3-6,9H2,1-2H3,(H,16,17). The van der Waals surface area contributed by atoms with Crippen LogP contribution in [0.25, 0.3) is 0 Å². The molecule has 0 aromatic heterocycles. The zero-order chi connectivity index (χ0) is 13.5. The molecule has 2 aliphatic rings. The van der Waals surface area contributed by atoms with Gasteiger partial charge in [-0.3, -0.25) is 4.79 Å². The first-order chi connectivity index (χ1) is 9.17. The average Bonchev–Trinajstić information content (AvgIpc) is 2.85. The second kappa shape index (κ2) is 4.44. The lowest BCUT2D eigenvalue weighted by atomic mass is 9.82. The molecule has 1 spiro atoms. The summed E-state index contributed by atoms with van der Waals surface area (Å²) in [5, 5.41) is 3.20. The summed E-state index contributed by atoms with van der Waals surface area (Å²) in [4.78, 5) is 12.4. The molecule has 1 aliphatic carbocycles. The van der Waals surface area contributed by atoms with Gasteiger partial charge in [0.1, 0.15) is 11.5 Å². The van der Waals surface area contributed by atoms with Crippen LogP contribution in [-0.2, 0) is 6.42 Å². The highest BCUT2D eigenvalue weighted by atomic mass is 16.5. The molecule has 19 heavy (non-hydrogen) atoms. The molecule has 0 saturated heterocycles. The quantitative estimate of drug-likeness (QED) is 0.888. The number of methoxy groups -OCH3 is 2. The van der Waals surface area contributed by atoms with Gasteiger partial charge >= 0.3 is 0 Å². The van der Waals surface area contributed by atoms with Gasteiger partial charge in [-0.1, -0.05) is 12.8 Å². The predicted molar refractivity (Wildman–Crippen MR) is 71.9 cm³/mol. The van der Waals surface area contributed by atoms with Crippen LogP contribution >= 0.6 is 0 Å². The highest BCUT2D eigenvalue weighted by Gasteiger charge is 2.41. The van der Waals surface area contributed by atoms with E-state index in [4.69, 9.17) is 9.47 Å². The van der Waals surface area contributed by atoms with Crippen LogP contribution in [0.2, 0.25) is 0 Å². The van der Waals surface area contributed by atoms with E-state index in [2.05, 4.69) is 5.32 Å². The van der Waals surface area contributed by atoms with Crippen molar-refractivity contribution in [3.8, 4) is 11.5 Å². The molecule has 1 aromatic rings. The van der Waals surface area contributed by atoms with E-state index in [-0.39, 0.29) is 11.4 Å². The SMILES string of the molecule is COc1cc(OC)c2c(c1)C(=O)NC1(CCCC1)C2. The van der Waals surface area contributed by atoms with Crippen LogP contribution < -0.4 is 14.8 Å². The minimum Gasteiger partial charge on any atom is -0.497 e. The normalized spacial score (nSPS) is 20.0. The third kappa shape index (κ3) is 1.95. The Balaban J connectivity index is 2.08.